The molecule has 3 rings (SSSR count). The number of carbonyl (C=O) groups excluding carboxylic acids is 2. The van der Waals surface area contributed by atoms with E-state index in [-0.39, 0.29) is 17.7 Å². The first-order valence-electron chi connectivity index (χ1n) is 8.90. The predicted octanol–water partition coefficient (Wildman–Crippen LogP) is 0.0692. The molecule has 0 bridgehead atoms. The summed E-state index contributed by atoms with van der Waals surface area (Å²) in [5, 5.41) is 31.0. The van der Waals surface area contributed by atoms with Gasteiger partial charge in [-0.1, -0.05) is 13.0 Å². The van der Waals surface area contributed by atoms with Crippen LogP contribution >= 0.6 is 0 Å². The molecule has 0 aliphatic carbocycles. The van der Waals surface area contributed by atoms with Crippen LogP contribution in [0.2, 0.25) is 0 Å². The van der Waals surface area contributed by atoms with Crippen molar-refractivity contribution in [1.29, 1.82) is 0 Å². The molecule has 8 nitrogen and oxygen atoms in total. The molecular weight excluding hydrogens is 342 g/mol. The van der Waals surface area contributed by atoms with Gasteiger partial charge in [-0.3, -0.25) is 0 Å². The number of hydrogen-bond donors (Lipinski definition) is 3. The summed E-state index contributed by atoms with van der Waals surface area (Å²) in [6.07, 6.45) is 3.43. The molecule has 3 unspecified atom stereocenters. The molecule has 0 aromatic heterocycles. The van der Waals surface area contributed by atoms with E-state index in [9.17, 15) is 25.0 Å². The Morgan fingerprint density at radius 1 is 1.42 bits per heavy atom. The molecule has 144 valence electrons. The molecule has 8 heteroatoms. The molecule has 2 fully saturated rings. The first-order valence-corrected chi connectivity index (χ1v) is 8.90. The van der Waals surface area contributed by atoms with E-state index in [1.54, 1.807) is 26.0 Å². The predicted molar refractivity (Wildman–Crippen MR) is 88.7 cm³/mol. The smallest absolute Gasteiger partial charge is 0.341 e. The third-order valence-corrected chi connectivity index (χ3v) is 5.90. The first kappa shape index (κ1) is 19.0. The van der Waals surface area contributed by atoms with Gasteiger partial charge in [0.25, 0.3) is 0 Å². The minimum Gasteiger partial charge on any atom is -0.459 e. The molecular formula is C18H26NO7+. The van der Waals surface area contributed by atoms with Crippen LogP contribution in [0.4, 0.5) is 0 Å². The van der Waals surface area contributed by atoms with Crippen LogP contribution in [0.15, 0.2) is 23.3 Å². The summed E-state index contributed by atoms with van der Waals surface area (Å²) >= 11 is 0. The minimum atomic E-state index is -2.12. The van der Waals surface area contributed by atoms with Crippen molar-refractivity contribution in [2.45, 2.75) is 44.4 Å². The van der Waals surface area contributed by atoms with Crippen molar-refractivity contribution in [3.63, 3.8) is 0 Å². The van der Waals surface area contributed by atoms with Gasteiger partial charge < -0.3 is 19.7 Å². The van der Waals surface area contributed by atoms with E-state index < -0.39 is 42.2 Å². The van der Waals surface area contributed by atoms with Crippen molar-refractivity contribution in [1.82, 2.24) is 0 Å². The Labute approximate surface area is 151 Å². The number of hydrogen-bond acceptors (Lipinski definition) is 7. The van der Waals surface area contributed by atoms with Gasteiger partial charge in [0, 0.05) is 23.5 Å². The molecule has 0 amide bonds. The Balaban J connectivity index is 1.96. The van der Waals surface area contributed by atoms with Crippen molar-refractivity contribution >= 4 is 11.9 Å². The lowest BCUT2D eigenvalue weighted by atomic mass is 9.84. The number of aliphatic hydroxyl groups is 2. The molecule has 3 heterocycles. The van der Waals surface area contributed by atoms with Crippen LogP contribution in [0.25, 0.3) is 0 Å². The summed E-state index contributed by atoms with van der Waals surface area (Å²) in [6, 6.07) is -0.482. The second-order valence-corrected chi connectivity index (χ2v) is 7.43. The summed E-state index contributed by atoms with van der Waals surface area (Å²) in [6.45, 7) is 3.10. The second-order valence-electron chi connectivity index (χ2n) is 7.43. The van der Waals surface area contributed by atoms with Crippen LogP contribution < -0.4 is 0 Å². The van der Waals surface area contributed by atoms with Gasteiger partial charge >= 0.3 is 11.9 Å². The first-order chi connectivity index (χ1) is 12.2. The second kappa shape index (κ2) is 6.77. The van der Waals surface area contributed by atoms with E-state index in [1.807, 2.05) is 0 Å². The van der Waals surface area contributed by atoms with E-state index >= 15 is 0 Å². The third-order valence-electron chi connectivity index (χ3n) is 5.90. The monoisotopic (exact) mass is 368 g/mol. The van der Waals surface area contributed by atoms with Gasteiger partial charge in [0.2, 0.25) is 0 Å². The lowest BCUT2D eigenvalue weighted by Crippen LogP contribution is -2.52. The van der Waals surface area contributed by atoms with Crippen LogP contribution in [0, 0.1) is 5.92 Å². The topological polar surface area (TPSA) is 113 Å². The summed E-state index contributed by atoms with van der Waals surface area (Å²) in [7, 11) is 0. The lowest BCUT2D eigenvalue weighted by Gasteiger charge is -2.32. The van der Waals surface area contributed by atoms with E-state index in [0.717, 1.165) is 0 Å². The van der Waals surface area contributed by atoms with Gasteiger partial charge in [0.05, 0.1) is 6.61 Å². The van der Waals surface area contributed by atoms with Gasteiger partial charge in [-0.25, -0.2) is 14.8 Å². The van der Waals surface area contributed by atoms with Crippen molar-refractivity contribution in [3.05, 3.63) is 23.3 Å². The normalized spacial score (nSPS) is 42.4. The maximum atomic E-state index is 12.6. The molecule has 3 N–H and O–H groups in total. The van der Waals surface area contributed by atoms with E-state index in [1.165, 1.54) is 0 Å². The highest BCUT2D eigenvalue weighted by Gasteiger charge is 2.56. The van der Waals surface area contributed by atoms with Crippen molar-refractivity contribution in [2.75, 3.05) is 26.3 Å². The summed E-state index contributed by atoms with van der Waals surface area (Å²) in [5.41, 5.74) is -1.15. The molecule has 5 atom stereocenters. The molecule has 0 aromatic rings. The van der Waals surface area contributed by atoms with Gasteiger partial charge in [-0.05, 0) is 19.4 Å². The highest BCUT2D eigenvalue weighted by Crippen LogP contribution is 2.38. The van der Waals surface area contributed by atoms with Gasteiger partial charge in [0.1, 0.15) is 19.7 Å². The number of cyclic esters (lactones) is 1. The van der Waals surface area contributed by atoms with Crippen LogP contribution in [0.5, 0.6) is 0 Å². The molecule has 3 aliphatic heterocycles. The van der Waals surface area contributed by atoms with Crippen molar-refractivity contribution < 1.29 is 39.1 Å². The van der Waals surface area contributed by atoms with Crippen LogP contribution in [0.3, 0.4) is 0 Å². The van der Waals surface area contributed by atoms with E-state index in [0.29, 0.717) is 30.7 Å². The fraction of sp³-hybridized carbons (Fsp3) is 0.667. The van der Waals surface area contributed by atoms with Gasteiger partial charge in [-0.15, -0.1) is 0 Å². The molecule has 0 radical (unpaired) electrons. The Kier molecular flexibility index (Phi) is 4.96. The number of carbonyl (C=O) groups is 2. The van der Waals surface area contributed by atoms with E-state index in [4.69, 9.17) is 9.47 Å². The van der Waals surface area contributed by atoms with Crippen LogP contribution in [-0.4, -0.2) is 76.1 Å². The molecule has 2 saturated heterocycles. The Morgan fingerprint density at radius 2 is 2.15 bits per heavy atom. The zero-order chi connectivity index (χ0) is 19.1. The number of nitrogens with zero attached hydrogens (tertiary/aromatic N) is 1. The number of hydroxylamine groups is 3. The number of rotatable bonds is 1. The van der Waals surface area contributed by atoms with Gasteiger partial charge in [-0.2, -0.15) is 4.65 Å². The van der Waals surface area contributed by atoms with Crippen LogP contribution in [0.1, 0.15) is 26.7 Å². The Bertz CT molecular complexity index is 672. The SMILES string of the molecule is C/C=C1/CC(C)C(O)(CO)C(=O)OCC2=CC[N+]3(O)CC[C@@H](OC1=O)[C@@H]23. The lowest BCUT2D eigenvalue weighted by molar-refractivity contribution is -1.10. The highest BCUT2D eigenvalue weighted by molar-refractivity contribution is 5.89. The Morgan fingerprint density at radius 3 is 2.81 bits per heavy atom. The molecule has 0 spiro atoms. The van der Waals surface area contributed by atoms with Crippen molar-refractivity contribution in [2.24, 2.45) is 5.92 Å². The standard InChI is InChI=1S/C18H26NO7/c1-3-12-8-11(2)18(23,10-20)17(22)25-9-13-4-6-19(24)7-5-14(15(13)19)26-16(12)21/h3-4,11,14-15,20,23-24H,5-10H2,1-2H3/q+1/b12-3-/t11?,14-,15-,18?,19?/m1/s1. The number of ether oxygens (including phenoxy) is 2. The minimum absolute atomic E-state index is 0.0563. The average Bonchev–Trinajstić information content (AvgIpc) is 3.11. The molecule has 3 aliphatic rings. The number of esters is 2. The molecule has 0 aromatic carbocycles. The van der Waals surface area contributed by atoms with Gasteiger partial charge in [0.15, 0.2) is 17.7 Å². The summed E-state index contributed by atoms with van der Waals surface area (Å²) in [4.78, 5) is 25.1. The maximum absolute atomic E-state index is 12.6. The molecule has 26 heavy (non-hydrogen) atoms. The number of quaternary nitrogens is 1. The fourth-order valence-electron chi connectivity index (χ4n) is 4.10. The largest absolute Gasteiger partial charge is 0.459 e. The number of aliphatic hydroxyl groups excluding tert-OH is 1. The maximum Gasteiger partial charge on any atom is 0.341 e. The fourth-order valence-corrected chi connectivity index (χ4v) is 4.10. The average molecular weight is 368 g/mol. The third kappa shape index (κ3) is 2.96. The summed E-state index contributed by atoms with van der Waals surface area (Å²) in [5.74, 6) is -2.21. The number of allylic oxidation sites excluding steroid dienone is 1. The van der Waals surface area contributed by atoms with Crippen molar-refractivity contribution in [3.8, 4) is 0 Å². The highest BCUT2D eigenvalue weighted by atomic mass is 16.6. The molecule has 0 saturated carbocycles. The van der Waals surface area contributed by atoms with E-state index in [2.05, 4.69) is 0 Å². The zero-order valence-corrected chi connectivity index (χ0v) is 15.1. The Hall–Kier alpha value is -1.74. The summed E-state index contributed by atoms with van der Waals surface area (Å²) < 4.78 is 10.7. The zero-order valence-electron chi connectivity index (χ0n) is 15.1. The quantitative estimate of drug-likeness (QED) is 0.260. The van der Waals surface area contributed by atoms with Crippen LogP contribution in [-0.2, 0) is 19.1 Å².